The van der Waals surface area contributed by atoms with Crippen molar-refractivity contribution >= 4 is 52.1 Å². The van der Waals surface area contributed by atoms with Gasteiger partial charge in [0, 0.05) is 18.1 Å². The standard InChI is InChI=1S/C13H19ClN4O2.C13H17ClN4O/c1-3-9(2)17(10-6-4-5-7-10)12-11(18(19)20)8-15-13(14)16-12;1-2-10-12(19)16-9-7-15-13(14)17-11(9)18(10)8-5-3-4-6-8/h8-10H,3-7H2,1-2H3;7-8,10H,2-6H2,1H3,(H,16,19)/t9-;10-/m01/s1. The molecule has 2 saturated carbocycles. The first-order valence-corrected chi connectivity index (χ1v) is 14.6. The van der Waals surface area contributed by atoms with Crippen LogP contribution in [0.2, 0.25) is 10.6 Å². The molecular weight excluding hydrogens is 543 g/mol. The lowest BCUT2D eigenvalue weighted by Gasteiger charge is -2.40. The molecule has 39 heavy (non-hydrogen) atoms. The molecule has 11 nitrogen and oxygen atoms in total. The largest absolute Gasteiger partial charge is 0.345 e. The molecule has 0 aromatic carbocycles. The lowest BCUT2D eigenvalue weighted by atomic mass is 10.0. The Hall–Kier alpha value is -2.79. The molecule has 5 rings (SSSR count). The van der Waals surface area contributed by atoms with Crippen LogP contribution in [0.5, 0.6) is 0 Å². The number of carbonyl (C=O) groups excluding carboxylic acids is 1. The highest BCUT2D eigenvalue weighted by Gasteiger charge is 2.38. The van der Waals surface area contributed by atoms with Crippen molar-refractivity contribution in [3.63, 3.8) is 0 Å². The smallest absolute Gasteiger partial charge is 0.329 e. The van der Waals surface area contributed by atoms with E-state index >= 15 is 0 Å². The van der Waals surface area contributed by atoms with Crippen molar-refractivity contribution in [2.24, 2.45) is 0 Å². The molecule has 2 aliphatic carbocycles. The summed E-state index contributed by atoms with van der Waals surface area (Å²) < 4.78 is 0. The van der Waals surface area contributed by atoms with Crippen LogP contribution in [0.15, 0.2) is 12.4 Å². The quantitative estimate of drug-likeness (QED) is 0.232. The zero-order chi connectivity index (χ0) is 28.1. The second-order valence-corrected chi connectivity index (χ2v) is 11.0. The van der Waals surface area contributed by atoms with Gasteiger partial charge in [0.05, 0.1) is 11.1 Å². The molecule has 3 heterocycles. The van der Waals surface area contributed by atoms with Gasteiger partial charge in [0.25, 0.3) is 0 Å². The number of anilines is 3. The summed E-state index contributed by atoms with van der Waals surface area (Å²) in [6.07, 6.45) is 13.5. The van der Waals surface area contributed by atoms with E-state index in [4.69, 9.17) is 23.2 Å². The average Bonchev–Trinajstić information content (AvgIpc) is 3.64. The Kier molecular flexibility index (Phi) is 9.76. The molecule has 13 heteroatoms. The molecule has 1 N–H and O–H groups in total. The van der Waals surface area contributed by atoms with E-state index in [1.165, 1.54) is 19.0 Å². The van der Waals surface area contributed by atoms with Crippen molar-refractivity contribution < 1.29 is 9.72 Å². The van der Waals surface area contributed by atoms with E-state index in [0.29, 0.717) is 23.6 Å². The molecule has 2 aromatic heterocycles. The maximum absolute atomic E-state index is 12.2. The van der Waals surface area contributed by atoms with Gasteiger partial charge in [0.2, 0.25) is 22.3 Å². The summed E-state index contributed by atoms with van der Waals surface area (Å²) in [6.45, 7) is 6.17. The highest BCUT2D eigenvalue weighted by atomic mass is 35.5. The van der Waals surface area contributed by atoms with E-state index < -0.39 is 4.92 Å². The maximum Gasteiger partial charge on any atom is 0.329 e. The fourth-order valence-electron chi connectivity index (χ4n) is 5.90. The van der Waals surface area contributed by atoms with Crippen LogP contribution in [0.1, 0.15) is 85.0 Å². The molecule has 2 atom stereocenters. The molecule has 3 aliphatic rings. The lowest BCUT2D eigenvalue weighted by molar-refractivity contribution is -0.384. The molecule has 0 radical (unpaired) electrons. The van der Waals surface area contributed by atoms with Gasteiger partial charge >= 0.3 is 5.69 Å². The number of halogens is 2. The van der Waals surface area contributed by atoms with E-state index in [1.807, 2.05) is 6.92 Å². The Balaban J connectivity index is 0.000000181. The maximum atomic E-state index is 12.2. The molecule has 0 unspecified atom stereocenters. The highest BCUT2D eigenvalue weighted by Crippen LogP contribution is 2.38. The molecule has 0 saturated heterocycles. The number of hydrogen-bond donors (Lipinski definition) is 1. The molecule has 2 fully saturated rings. The number of nitro groups is 1. The van der Waals surface area contributed by atoms with Crippen LogP contribution in [-0.2, 0) is 4.79 Å². The summed E-state index contributed by atoms with van der Waals surface area (Å²) in [5.41, 5.74) is 0.604. The van der Waals surface area contributed by atoms with Crippen LogP contribution in [0, 0.1) is 10.1 Å². The third-order valence-corrected chi connectivity index (χ3v) is 8.29. The topological polar surface area (TPSA) is 130 Å². The minimum absolute atomic E-state index is 0.0350. The number of rotatable bonds is 7. The van der Waals surface area contributed by atoms with Gasteiger partial charge in [-0.1, -0.05) is 39.5 Å². The van der Waals surface area contributed by atoms with Crippen molar-refractivity contribution in [1.29, 1.82) is 0 Å². The predicted octanol–water partition coefficient (Wildman–Crippen LogP) is 6.20. The van der Waals surface area contributed by atoms with E-state index in [9.17, 15) is 14.9 Å². The second kappa shape index (κ2) is 13.0. The van der Waals surface area contributed by atoms with Gasteiger partial charge < -0.3 is 15.1 Å². The van der Waals surface area contributed by atoms with Gasteiger partial charge in [-0.3, -0.25) is 14.9 Å². The third-order valence-electron chi connectivity index (χ3n) is 7.93. The Morgan fingerprint density at radius 3 is 2.31 bits per heavy atom. The van der Waals surface area contributed by atoms with Gasteiger partial charge in [0.15, 0.2) is 5.82 Å². The summed E-state index contributed by atoms with van der Waals surface area (Å²) >= 11 is 11.8. The SMILES string of the molecule is CC[C@@H]1C(=O)Nc2cnc(Cl)nc2N1C1CCCC1.CC[C@H](C)N(c1nc(Cl)ncc1[N+](=O)[O-])C1CCCC1. The van der Waals surface area contributed by atoms with Crippen molar-refractivity contribution in [2.45, 2.75) is 109 Å². The number of nitrogens with zero attached hydrogens (tertiary/aromatic N) is 7. The fourth-order valence-corrected chi connectivity index (χ4v) is 6.16. The van der Waals surface area contributed by atoms with Gasteiger partial charge in [-0.2, -0.15) is 9.97 Å². The van der Waals surface area contributed by atoms with Crippen LogP contribution in [0.25, 0.3) is 0 Å². The fraction of sp³-hybridized carbons (Fsp3) is 0.654. The zero-order valence-electron chi connectivity index (χ0n) is 22.6. The number of fused-ring (bicyclic) bond motifs is 1. The van der Waals surface area contributed by atoms with E-state index in [-0.39, 0.29) is 34.2 Å². The molecule has 1 amide bonds. The van der Waals surface area contributed by atoms with Crippen LogP contribution >= 0.6 is 23.2 Å². The number of amides is 1. The van der Waals surface area contributed by atoms with E-state index in [0.717, 1.165) is 57.2 Å². The van der Waals surface area contributed by atoms with Gasteiger partial charge in [-0.15, -0.1) is 0 Å². The summed E-state index contributed by atoms with van der Waals surface area (Å²) in [4.78, 5) is 43.4. The van der Waals surface area contributed by atoms with E-state index in [1.54, 1.807) is 6.20 Å². The summed E-state index contributed by atoms with van der Waals surface area (Å²) in [6, 6.07) is 0.722. The minimum atomic E-state index is -0.435. The first-order valence-electron chi connectivity index (χ1n) is 13.8. The van der Waals surface area contributed by atoms with Gasteiger partial charge in [-0.05, 0) is 68.7 Å². The molecule has 2 aromatic rings. The highest BCUT2D eigenvalue weighted by molar-refractivity contribution is 6.28. The minimum Gasteiger partial charge on any atom is -0.345 e. The zero-order valence-corrected chi connectivity index (χ0v) is 24.2. The average molecular weight is 580 g/mol. The summed E-state index contributed by atoms with van der Waals surface area (Å²) in [5, 5.41) is 14.4. The first-order chi connectivity index (χ1) is 18.7. The number of carbonyl (C=O) groups is 1. The van der Waals surface area contributed by atoms with Crippen molar-refractivity contribution in [3.8, 4) is 0 Å². The predicted molar refractivity (Wildman–Crippen MR) is 153 cm³/mol. The molecule has 212 valence electrons. The Morgan fingerprint density at radius 1 is 1.08 bits per heavy atom. The Labute approximate surface area is 238 Å². The van der Waals surface area contributed by atoms with Crippen molar-refractivity contribution in [2.75, 3.05) is 15.1 Å². The molecular formula is C26H36Cl2N8O3. The molecule has 0 bridgehead atoms. The Morgan fingerprint density at radius 2 is 1.69 bits per heavy atom. The normalized spacial score (nSPS) is 20.2. The van der Waals surface area contributed by atoms with Crippen LogP contribution < -0.4 is 15.1 Å². The van der Waals surface area contributed by atoms with Crippen LogP contribution in [0.4, 0.5) is 23.0 Å². The second-order valence-electron chi connectivity index (χ2n) is 10.3. The Bertz CT molecular complexity index is 1170. The lowest BCUT2D eigenvalue weighted by Crippen LogP contribution is -2.52. The number of aromatic nitrogens is 4. The number of hydrogen-bond acceptors (Lipinski definition) is 9. The number of nitrogens with one attached hydrogen (secondary N) is 1. The van der Waals surface area contributed by atoms with Gasteiger partial charge in [0.1, 0.15) is 17.9 Å². The molecule has 1 aliphatic heterocycles. The molecule has 0 spiro atoms. The first kappa shape index (κ1) is 29.2. The van der Waals surface area contributed by atoms with Crippen molar-refractivity contribution in [1.82, 2.24) is 19.9 Å². The summed E-state index contributed by atoms with van der Waals surface area (Å²) in [5.74, 6) is 1.17. The van der Waals surface area contributed by atoms with Crippen LogP contribution in [-0.4, -0.2) is 54.9 Å². The summed E-state index contributed by atoms with van der Waals surface area (Å²) in [7, 11) is 0. The van der Waals surface area contributed by atoms with Crippen molar-refractivity contribution in [3.05, 3.63) is 33.1 Å². The third kappa shape index (κ3) is 6.51. The van der Waals surface area contributed by atoms with Gasteiger partial charge in [-0.25, -0.2) is 9.97 Å². The monoisotopic (exact) mass is 578 g/mol. The van der Waals surface area contributed by atoms with E-state index in [2.05, 4.69) is 48.9 Å². The van der Waals surface area contributed by atoms with Crippen LogP contribution in [0.3, 0.4) is 0 Å².